The van der Waals surface area contributed by atoms with Gasteiger partial charge in [0.2, 0.25) is 9.84 Å². The summed E-state index contributed by atoms with van der Waals surface area (Å²) in [6.07, 6.45) is 2.09. The second kappa shape index (κ2) is 7.60. The summed E-state index contributed by atoms with van der Waals surface area (Å²) >= 11 is 0. The molecule has 0 bridgehead atoms. The number of carbonyl (C=O) groups is 1. The first-order valence-electron chi connectivity index (χ1n) is 9.77. The Bertz CT molecular complexity index is 1290. The number of benzene rings is 1. The lowest BCUT2D eigenvalue weighted by Gasteiger charge is -2.13. The number of ether oxygens (including phenoxy) is 1. The quantitative estimate of drug-likeness (QED) is 0.647. The zero-order valence-corrected chi connectivity index (χ0v) is 17.6. The summed E-state index contributed by atoms with van der Waals surface area (Å²) in [7, 11) is -2.20. The Labute approximate surface area is 174 Å². The summed E-state index contributed by atoms with van der Waals surface area (Å²) in [6, 6.07) is 11.2. The molecule has 0 saturated carbocycles. The number of rotatable bonds is 4. The molecule has 30 heavy (non-hydrogen) atoms. The molecule has 1 aliphatic rings. The molecular weight excluding hydrogens is 404 g/mol. The number of sulfone groups is 1. The van der Waals surface area contributed by atoms with Crippen LogP contribution in [0, 0.1) is 0 Å². The number of H-pyrrole nitrogens is 1. The SMILES string of the molecule is CCOC(=O)c1cc2c(n1C)-c1[nH]c(=O)c(S(=O)(=O)c3ccccc3)cc1CCC2. The first-order valence-corrected chi connectivity index (χ1v) is 11.2. The van der Waals surface area contributed by atoms with E-state index in [2.05, 4.69) is 4.98 Å². The minimum absolute atomic E-state index is 0.0771. The molecule has 8 heteroatoms. The summed E-state index contributed by atoms with van der Waals surface area (Å²) in [6.45, 7) is 2.01. The van der Waals surface area contributed by atoms with Crippen LogP contribution < -0.4 is 5.56 Å². The van der Waals surface area contributed by atoms with Crippen molar-refractivity contribution in [1.29, 1.82) is 0 Å². The highest BCUT2D eigenvalue weighted by atomic mass is 32.2. The van der Waals surface area contributed by atoms with Gasteiger partial charge < -0.3 is 14.3 Å². The molecule has 1 aliphatic carbocycles. The molecule has 0 aliphatic heterocycles. The normalized spacial score (nSPS) is 13.3. The first kappa shape index (κ1) is 20.2. The van der Waals surface area contributed by atoms with E-state index in [1.54, 1.807) is 42.8 Å². The second-order valence-corrected chi connectivity index (χ2v) is 9.13. The van der Waals surface area contributed by atoms with E-state index in [0.717, 1.165) is 17.5 Å². The summed E-state index contributed by atoms with van der Waals surface area (Å²) in [5, 5.41) is 0. The molecule has 2 heterocycles. The van der Waals surface area contributed by atoms with E-state index in [1.807, 2.05) is 0 Å². The minimum Gasteiger partial charge on any atom is -0.461 e. The Morgan fingerprint density at radius 2 is 1.83 bits per heavy atom. The zero-order chi connectivity index (χ0) is 21.5. The maximum Gasteiger partial charge on any atom is 0.354 e. The Morgan fingerprint density at radius 1 is 1.13 bits per heavy atom. The standard InChI is InChI=1S/C22H22N2O5S/c1-3-29-22(26)17-12-15-9-7-8-14-13-18(21(25)23-19(14)20(15)24(17)2)30(27,28)16-10-5-4-6-11-16/h4-6,10-13H,3,7-9H2,1-2H3,(H,23,25). The number of nitrogens with zero attached hydrogens (tertiary/aromatic N) is 1. The first-order chi connectivity index (χ1) is 14.3. The molecule has 1 aromatic carbocycles. The highest BCUT2D eigenvalue weighted by molar-refractivity contribution is 7.91. The number of fused-ring (bicyclic) bond motifs is 3. The lowest BCUT2D eigenvalue weighted by molar-refractivity contribution is 0.0515. The smallest absolute Gasteiger partial charge is 0.354 e. The van der Waals surface area contributed by atoms with Crippen LogP contribution in [0.1, 0.15) is 35.0 Å². The summed E-state index contributed by atoms with van der Waals surface area (Å²) in [5.74, 6) is -0.430. The second-order valence-electron chi connectivity index (χ2n) is 7.22. The van der Waals surface area contributed by atoms with Crippen LogP contribution in [0.4, 0.5) is 0 Å². The van der Waals surface area contributed by atoms with Crippen molar-refractivity contribution in [2.75, 3.05) is 6.61 Å². The van der Waals surface area contributed by atoms with Gasteiger partial charge in [0.15, 0.2) is 0 Å². The van der Waals surface area contributed by atoms with E-state index in [-0.39, 0.29) is 16.4 Å². The summed E-state index contributed by atoms with van der Waals surface area (Å²) < 4.78 is 32.9. The third-order valence-electron chi connectivity index (χ3n) is 5.36. The third kappa shape index (κ3) is 3.27. The predicted octanol–water partition coefficient (Wildman–Crippen LogP) is 2.88. The number of aromatic amines is 1. The lowest BCUT2D eigenvalue weighted by atomic mass is 10.1. The fraction of sp³-hybridized carbons (Fsp3) is 0.273. The molecule has 4 rings (SSSR count). The fourth-order valence-corrected chi connectivity index (χ4v) is 5.30. The van der Waals surface area contributed by atoms with Gasteiger partial charge in [0, 0.05) is 7.05 Å². The van der Waals surface area contributed by atoms with Crippen LogP contribution >= 0.6 is 0 Å². The molecule has 7 nitrogen and oxygen atoms in total. The van der Waals surface area contributed by atoms with E-state index in [9.17, 15) is 18.0 Å². The van der Waals surface area contributed by atoms with Crippen LogP contribution in [0.2, 0.25) is 0 Å². The van der Waals surface area contributed by atoms with Crippen molar-refractivity contribution in [2.45, 2.75) is 36.0 Å². The summed E-state index contributed by atoms with van der Waals surface area (Å²) in [5.41, 5.74) is 2.65. The van der Waals surface area contributed by atoms with Crippen LogP contribution in [0.25, 0.3) is 11.4 Å². The van der Waals surface area contributed by atoms with Gasteiger partial charge in [-0.15, -0.1) is 0 Å². The van der Waals surface area contributed by atoms with Crippen molar-refractivity contribution in [3.8, 4) is 11.4 Å². The number of hydrogen-bond acceptors (Lipinski definition) is 5. The number of hydrogen-bond donors (Lipinski definition) is 1. The van der Waals surface area contributed by atoms with Crippen molar-refractivity contribution in [3.63, 3.8) is 0 Å². The molecule has 0 unspecified atom stereocenters. The van der Waals surface area contributed by atoms with E-state index in [4.69, 9.17) is 4.74 Å². The molecule has 3 aromatic rings. The van der Waals surface area contributed by atoms with Gasteiger partial charge in [-0.3, -0.25) is 4.79 Å². The Morgan fingerprint density at radius 3 is 2.53 bits per heavy atom. The maximum absolute atomic E-state index is 13.0. The minimum atomic E-state index is -3.94. The zero-order valence-electron chi connectivity index (χ0n) is 16.8. The van der Waals surface area contributed by atoms with Gasteiger partial charge in [-0.05, 0) is 61.6 Å². The Hall–Kier alpha value is -3.13. The monoisotopic (exact) mass is 426 g/mol. The van der Waals surface area contributed by atoms with Crippen molar-refractivity contribution < 1.29 is 17.9 Å². The molecule has 1 N–H and O–H groups in total. The molecular formula is C22H22N2O5S. The van der Waals surface area contributed by atoms with Gasteiger partial charge in [-0.25, -0.2) is 13.2 Å². The van der Waals surface area contributed by atoms with Crippen LogP contribution in [-0.2, 0) is 34.5 Å². The number of nitrogens with one attached hydrogen (secondary N) is 1. The molecule has 0 saturated heterocycles. The molecule has 0 fully saturated rings. The molecule has 0 amide bonds. The van der Waals surface area contributed by atoms with Crippen molar-refractivity contribution in [1.82, 2.24) is 9.55 Å². The largest absolute Gasteiger partial charge is 0.461 e. The topological polar surface area (TPSA) is 98.2 Å². The van der Waals surface area contributed by atoms with Crippen molar-refractivity contribution in [3.05, 3.63) is 69.6 Å². The molecule has 156 valence electrons. The Balaban J connectivity index is 1.89. The van der Waals surface area contributed by atoms with Gasteiger partial charge in [-0.1, -0.05) is 18.2 Å². The van der Waals surface area contributed by atoms with E-state index in [1.165, 1.54) is 18.2 Å². The van der Waals surface area contributed by atoms with Crippen molar-refractivity contribution in [2.24, 2.45) is 7.05 Å². The average molecular weight is 426 g/mol. The predicted molar refractivity (Wildman–Crippen MR) is 111 cm³/mol. The van der Waals surface area contributed by atoms with Crippen LogP contribution in [0.5, 0.6) is 0 Å². The number of pyridine rings is 1. The third-order valence-corrected chi connectivity index (χ3v) is 7.13. The van der Waals surface area contributed by atoms with Crippen molar-refractivity contribution >= 4 is 15.8 Å². The van der Waals surface area contributed by atoms with Gasteiger partial charge in [0.25, 0.3) is 5.56 Å². The molecule has 0 atom stereocenters. The molecule has 0 radical (unpaired) electrons. The van der Waals surface area contributed by atoms with Crippen LogP contribution in [-0.4, -0.2) is 30.5 Å². The van der Waals surface area contributed by atoms with E-state index < -0.39 is 21.4 Å². The summed E-state index contributed by atoms with van der Waals surface area (Å²) in [4.78, 5) is 27.7. The highest BCUT2D eigenvalue weighted by Crippen LogP contribution is 2.34. The van der Waals surface area contributed by atoms with E-state index >= 15 is 0 Å². The molecule has 0 spiro atoms. The fourth-order valence-electron chi connectivity index (χ4n) is 3.94. The van der Waals surface area contributed by atoms with Gasteiger partial charge >= 0.3 is 5.97 Å². The van der Waals surface area contributed by atoms with Gasteiger partial charge in [0.05, 0.1) is 22.9 Å². The highest BCUT2D eigenvalue weighted by Gasteiger charge is 2.28. The number of carbonyl (C=O) groups excluding carboxylic acids is 1. The van der Waals surface area contributed by atoms with Gasteiger partial charge in [-0.2, -0.15) is 0 Å². The van der Waals surface area contributed by atoms with Gasteiger partial charge in [0.1, 0.15) is 10.6 Å². The lowest BCUT2D eigenvalue weighted by Crippen LogP contribution is -2.20. The number of aryl methyl sites for hydroxylation is 2. The average Bonchev–Trinajstić information content (AvgIpc) is 2.94. The number of esters is 1. The van der Waals surface area contributed by atoms with Crippen LogP contribution in [0.3, 0.4) is 0 Å². The van der Waals surface area contributed by atoms with E-state index in [0.29, 0.717) is 29.9 Å². The molecule has 2 aromatic heterocycles. The Kier molecular flexibility index (Phi) is 5.11. The maximum atomic E-state index is 13.0. The number of aromatic nitrogens is 2. The van der Waals surface area contributed by atoms with Crippen LogP contribution in [0.15, 0.2) is 57.1 Å².